The van der Waals surface area contributed by atoms with Crippen LogP contribution in [0.4, 0.5) is 4.79 Å². The Hall–Kier alpha value is -2.08. The van der Waals surface area contributed by atoms with Gasteiger partial charge in [-0.2, -0.15) is 0 Å². The van der Waals surface area contributed by atoms with E-state index in [2.05, 4.69) is 5.32 Å². The van der Waals surface area contributed by atoms with E-state index >= 15 is 0 Å². The normalized spacial score (nSPS) is 18.1. The predicted octanol–water partition coefficient (Wildman–Crippen LogP) is 2.53. The van der Waals surface area contributed by atoms with Crippen molar-refractivity contribution in [1.82, 2.24) is 10.2 Å². The largest absolute Gasteiger partial charge is 0.481 e. The van der Waals surface area contributed by atoms with Crippen LogP contribution < -0.4 is 5.32 Å². The lowest BCUT2D eigenvalue weighted by Crippen LogP contribution is -2.45. The van der Waals surface area contributed by atoms with Gasteiger partial charge in [-0.3, -0.25) is 4.79 Å². The first-order chi connectivity index (χ1) is 12.1. The number of carboxylic acids is 1. The highest BCUT2D eigenvalue weighted by atomic mass is 16.5. The van der Waals surface area contributed by atoms with E-state index in [0.717, 1.165) is 18.5 Å². The van der Waals surface area contributed by atoms with Crippen LogP contribution >= 0.6 is 0 Å². The van der Waals surface area contributed by atoms with Crippen LogP contribution in [0.2, 0.25) is 0 Å². The zero-order chi connectivity index (χ0) is 18.1. The number of ether oxygens (including phenoxy) is 1. The van der Waals surface area contributed by atoms with Crippen LogP contribution in [0.25, 0.3) is 0 Å². The number of urea groups is 1. The van der Waals surface area contributed by atoms with Gasteiger partial charge in [-0.05, 0) is 31.7 Å². The lowest BCUT2D eigenvalue weighted by atomic mass is 10.0. The van der Waals surface area contributed by atoms with Crippen molar-refractivity contribution in [2.75, 3.05) is 26.3 Å². The molecular weight excluding hydrogens is 320 g/mol. The molecule has 6 nitrogen and oxygen atoms in total. The molecule has 6 heteroatoms. The average Bonchev–Trinajstić information content (AvgIpc) is 3.08. The van der Waals surface area contributed by atoms with Crippen LogP contribution in [0.3, 0.4) is 0 Å². The Morgan fingerprint density at radius 3 is 2.80 bits per heavy atom. The van der Waals surface area contributed by atoms with Crippen LogP contribution in [0.1, 0.15) is 31.7 Å². The van der Waals surface area contributed by atoms with E-state index in [4.69, 9.17) is 9.84 Å². The summed E-state index contributed by atoms with van der Waals surface area (Å²) in [7, 11) is 0. The van der Waals surface area contributed by atoms with Crippen molar-refractivity contribution in [1.29, 1.82) is 0 Å². The molecular formula is C19H28N2O4. The summed E-state index contributed by atoms with van der Waals surface area (Å²) in [4.78, 5) is 25.2. The molecule has 1 aliphatic heterocycles. The Bertz CT molecular complexity index is 550. The number of nitrogens with zero attached hydrogens (tertiary/aromatic N) is 1. The van der Waals surface area contributed by atoms with E-state index in [1.165, 1.54) is 0 Å². The summed E-state index contributed by atoms with van der Waals surface area (Å²) in [6, 6.07) is 9.54. The topological polar surface area (TPSA) is 78.9 Å². The minimum absolute atomic E-state index is 0.0464. The third kappa shape index (κ3) is 6.74. The molecule has 2 unspecified atom stereocenters. The lowest BCUT2D eigenvalue weighted by molar-refractivity contribution is -0.137. The van der Waals surface area contributed by atoms with Gasteiger partial charge >= 0.3 is 12.0 Å². The number of carbonyl (C=O) groups excluding carboxylic acids is 1. The molecule has 0 bridgehead atoms. The molecule has 138 valence electrons. The van der Waals surface area contributed by atoms with Crippen molar-refractivity contribution in [3.8, 4) is 0 Å². The molecule has 0 aromatic heterocycles. The smallest absolute Gasteiger partial charge is 0.317 e. The number of rotatable bonds is 9. The van der Waals surface area contributed by atoms with Crippen LogP contribution in [0.15, 0.2) is 30.3 Å². The molecule has 0 saturated carbocycles. The Labute approximate surface area is 149 Å². The number of aliphatic carboxylic acids is 1. The second-order valence-electron chi connectivity index (χ2n) is 6.53. The third-order valence-electron chi connectivity index (χ3n) is 4.49. The number of carboxylic acid groups (broad SMARTS) is 1. The number of amides is 2. The minimum Gasteiger partial charge on any atom is -0.481 e. The van der Waals surface area contributed by atoms with Crippen molar-refractivity contribution >= 4 is 12.0 Å². The number of hydrogen-bond acceptors (Lipinski definition) is 3. The van der Waals surface area contributed by atoms with E-state index in [-0.39, 0.29) is 18.5 Å². The molecule has 0 aliphatic carbocycles. The number of hydrogen-bond donors (Lipinski definition) is 2. The predicted molar refractivity (Wildman–Crippen MR) is 95.5 cm³/mol. The van der Waals surface area contributed by atoms with Crippen molar-refractivity contribution in [3.05, 3.63) is 35.9 Å². The number of likely N-dealkylation sites (tertiary alicyclic amines) is 1. The lowest BCUT2D eigenvalue weighted by Gasteiger charge is -2.23. The summed E-state index contributed by atoms with van der Waals surface area (Å²) in [5.41, 5.74) is 1.09. The molecule has 2 amide bonds. The van der Waals surface area contributed by atoms with Crippen molar-refractivity contribution in [3.63, 3.8) is 0 Å². The molecule has 2 rings (SSSR count). The van der Waals surface area contributed by atoms with Crippen LogP contribution in [-0.2, 0) is 16.0 Å². The van der Waals surface area contributed by atoms with Crippen molar-refractivity contribution in [2.24, 2.45) is 5.92 Å². The number of carbonyl (C=O) groups is 2. The fourth-order valence-corrected chi connectivity index (χ4v) is 3.13. The molecule has 2 N–H and O–H groups in total. The molecule has 2 atom stereocenters. The zero-order valence-corrected chi connectivity index (χ0v) is 14.8. The first kappa shape index (κ1) is 19.2. The molecule has 25 heavy (non-hydrogen) atoms. The minimum atomic E-state index is -0.842. The van der Waals surface area contributed by atoms with Gasteiger partial charge in [-0.15, -0.1) is 0 Å². The van der Waals surface area contributed by atoms with E-state index in [1.807, 2.05) is 42.2 Å². The average molecular weight is 348 g/mol. The van der Waals surface area contributed by atoms with E-state index in [1.54, 1.807) is 0 Å². The van der Waals surface area contributed by atoms with Crippen LogP contribution in [0.5, 0.6) is 0 Å². The van der Waals surface area contributed by atoms with Crippen molar-refractivity contribution in [2.45, 2.75) is 38.6 Å². The third-order valence-corrected chi connectivity index (χ3v) is 4.49. The second kappa shape index (κ2) is 10.0. The Morgan fingerprint density at radius 2 is 2.12 bits per heavy atom. The van der Waals surface area contributed by atoms with E-state index in [9.17, 15) is 9.59 Å². The molecule has 1 aromatic carbocycles. The van der Waals surface area contributed by atoms with Gasteiger partial charge in [-0.25, -0.2) is 4.79 Å². The highest BCUT2D eigenvalue weighted by molar-refractivity contribution is 5.75. The fraction of sp³-hybridized carbons (Fsp3) is 0.579. The number of nitrogens with one attached hydrogen (secondary N) is 1. The molecule has 1 saturated heterocycles. The molecule has 1 fully saturated rings. The van der Waals surface area contributed by atoms with Gasteiger partial charge in [0.05, 0.1) is 6.61 Å². The van der Waals surface area contributed by atoms with Gasteiger partial charge in [0.1, 0.15) is 0 Å². The summed E-state index contributed by atoms with van der Waals surface area (Å²) >= 11 is 0. The SMILES string of the molecule is CCOCC1CCN(C(=O)NC(CCC(=O)O)Cc2ccccc2)C1. The van der Waals surface area contributed by atoms with Gasteiger partial charge in [0.25, 0.3) is 0 Å². The van der Waals surface area contributed by atoms with Crippen molar-refractivity contribution < 1.29 is 19.4 Å². The Morgan fingerprint density at radius 1 is 1.36 bits per heavy atom. The van der Waals surface area contributed by atoms with Gasteiger partial charge in [0.15, 0.2) is 0 Å². The Kier molecular flexibility index (Phi) is 7.73. The summed E-state index contributed by atoms with van der Waals surface area (Å²) in [6.07, 6.45) is 2.05. The summed E-state index contributed by atoms with van der Waals surface area (Å²) in [6.45, 7) is 4.77. The fourth-order valence-electron chi connectivity index (χ4n) is 3.13. The summed E-state index contributed by atoms with van der Waals surface area (Å²) in [5.74, 6) is -0.456. The van der Waals surface area contributed by atoms with Gasteiger partial charge in [0, 0.05) is 38.1 Å². The van der Waals surface area contributed by atoms with Gasteiger partial charge < -0.3 is 20.1 Å². The summed E-state index contributed by atoms with van der Waals surface area (Å²) in [5, 5.41) is 12.0. The standard InChI is InChI=1S/C19H28N2O4/c1-2-25-14-16-10-11-21(13-16)19(24)20-17(8-9-18(22)23)12-15-6-4-3-5-7-15/h3-7,16-17H,2,8-14H2,1H3,(H,20,24)(H,22,23). The molecule has 1 aromatic rings. The van der Waals surface area contributed by atoms with E-state index < -0.39 is 5.97 Å². The van der Waals surface area contributed by atoms with E-state index in [0.29, 0.717) is 38.5 Å². The maximum Gasteiger partial charge on any atom is 0.317 e. The van der Waals surface area contributed by atoms with Gasteiger partial charge in [0.2, 0.25) is 0 Å². The Balaban J connectivity index is 1.89. The quantitative estimate of drug-likeness (QED) is 0.719. The first-order valence-corrected chi connectivity index (χ1v) is 8.97. The summed E-state index contributed by atoms with van der Waals surface area (Å²) < 4.78 is 5.45. The molecule has 0 spiro atoms. The molecule has 1 aliphatic rings. The van der Waals surface area contributed by atoms with Gasteiger partial charge in [-0.1, -0.05) is 30.3 Å². The highest BCUT2D eigenvalue weighted by Crippen LogP contribution is 2.17. The maximum absolute atomic E-state index is 12.5. The zero-order valence-electron chi connectivity index (χ0n) is 14.8. The first-order valence-electron chi connectivity index (χ1n) is 8.97. The monoisotopic (exact) mass is 348 g/mol. The molecule has 0 radical (unpaired) electrons. The molecule has 1 heterocycles. The maximum atomic E-state index is 12.5. The second-order valence-corrected chi connectivity index (χ2v) is 6.53. The van der Waals surface area contributed by atoms with Crippen LogP contribution in [-0.4, -0.2) is 54.4 Å². The highest BCUT2D eigenvalue weighted by Gasteiger charge is 2.27. The van der Waals surface area contributed by atoms with Crippen LogP contribution in [0, 0.1) is 5.92 Å². The number of benzene rings is 1.